The Kier molecular flexibility index (Phi) is 3.25. The molecule has 0 radical (unpaired) electrons. The second kappa shape index (κ2) is 4.51. The van der Waals surface area contributed by atoms with Crippen molar-refractivity contribution in [1.29, 1.82) is 0 Å². The Balaban J connectivity index is 2.01. The van der Waals surface area contributed by atoms with Gasteiger partial charge in [-0.1, -0.05) is 19.0 Å². The van der Waals surface area contributed by atoms with Gasteiger partial charge in [0.2, 0.25) is 11.7 Å². The summed E-state index contributed by atoms with van der Waals surface area (Å²) in [5.41, 5.74) is -0.348. The molecule has 1 atom stereocenters. The Morgan fingerprint density at radius 1 is 1.50 bits per heavy atom. The van der Waals surface area contributed by atoms with Gasteiger partial charge in [-0.15, -0.1) is 0 Å². The fourth-order valence-electron chi connectivity index (χ4n) is 1.79. The fourth-order valence-corrected chi connectivity index (χ4v) is 1.79. The summed E-state index contributed by atoms with van der Waals surface area (Å²) in [7, 11) is 0. The van der Waals surface area contributed by atoms with Crippen LogP contribution >= 0.6 is 0 Å². The lowest BCUT2D eigenvalue weighted by Crippen LogP contribution is -2.23. The van der Waals surface area contributed by atoms with Crippen LogP contribution in [0.3, 0.4) is 0 Å². The number of hydrogen-bond acceptors (Lipinski definition) is 5. The predicted molar refractivity (Wildman–Crippen MR) is 58.8 cm³/mol. The van der Waals surface area contributed by atoms with E-state index in [0.717, 1.165) is 19.4 Å². The van der Waals surface area contributed by atoms with Crippen LogP contribution in [0, 0.1) is 0 Å². The van der Waals surface area contributed by atoms with E-state index in [4.69, 9.17) is 9.26 Å². The SMILES string of the molecule is CC(C)NCc1nc(C2(C)CCCO2)no1. The van der Waals surface area contributed by atoms with Gasteiger partial charge in [0.25, 0.3) is 0 Å². The average molecular weight is 225 g/mol. The summed E-state index contributed by atoms with van der Waals surface area (Å²) in [6.45, 7) is 7.58. The molecule has 1 aromatic rings. The molecule has 1 aliphatic heterocycles. The maximum atomic E-state index is 5.66. The molecule has 0 amide bonds. The van der Waals surface area contributed by atoms with E-state index in [0.29, 0.717) is 24.3 Å². The normalized spacial score (nSPS) is 25.5. The van der Waals surface area contributed by atoms with Crippen LogP contribution < -0.4 is 5.32 Å². The predicted octanol–water partition coefficient (Wildman–Crippen LogP) is 1.59. The maximum absolute atomic E-state index is 5.66. The van der Waals surface area contributed by atoms with Gasteiger partial charge in [-0.3, -0.25) is 0 Å². The van der Waals surface area contributed by atoms with Crippen LogP contribution in [0.1, 0.15) is 45.3 Å². The van der Waals surface area contributed by atoms with Crippen LogP contribution in [0.25, 0.3) is 0 Å². The molecule has 16 heavy (non-hydrogen) atoms. The first-order valence-electron chi connectivity index (χ1n) is 5.80. The Hall–Kier alpha value is -0.940. The number of rotatable bonds is 4. The molecule has 0 spiro atoms. The van der Waals surface area contributed by atoms with Gasteiger partial charge >= 0.3 is 0 Å². The molecule has 1 N–H and O–H groups in total. The third-order valence-corrected chi connectivity index (χ3v) is 2.82. The first-order valence-corrected chi connectivity index (χ1v) is 5.80. The van der Waals surface area contributed by atoms with Crippen LogP contribution in [0.4, 0.5) is 0 Å². The molecule has 90 valence electrons. The number of ether oxygens (including phenoxy) is 1. The third-order valence-electron chi connectivity index (χ3n) is 2.82. The molecule has 1 saturated heterocycles. The molecule has 0 saturated carbocycles. The molecule has 5 heteroatoms. The topological polar surface area (TPSA) is 60.2 Å². The Labute approximate surface area is 95.6 Å². The highest BCUT2D eigenvalue weighted by Gasteiger charge is 2.36. The van der Waals surface area contributed by atoms with Crippen molar-refractivity contribution in [3.05, 3.63) is 11.7 Å². The summed E-state index contributed by atoms with van der Waals surface area (Å²) in [4.78, 5) is 4.37. The summed E-state index contributed by atoms with van der Waals surface area (Å²) in [5.74, 6) is 1.30. The van der Waals surface area contributed by atoms with E-state index < -0.39 is 0 Å². The van der Waals surface area contributed by atoms with Gasteiger partial charge in [-0.05, 0) is 19.8 Å². The summed E-state index contributed by atoms with van der Waals surface area (Å²) < 4.78 is 10.8. The summed E-state index contributed by atoms with van der Waals surface area (Å²) >= 11 is 0. The van der Waals surface area contributed by atoms with Crippen LogP contribution in [0.2, 0.25) is 0 Å². The molecule has 2 heterocycles. The molecule has 1 aromatic heterocycles. The average Bonchev–Trinajstić information content (AvgIpc) is 2.84. The van der Waals surface area contributed by atoms with Crippen LogP contribution in [-0.2, 0) is 16.9 Å². The second-order valence-corrected chi connectivity index (χ2v) is 4.73. The van der Waals surface area contributed by atoms with Gasteiger partial charge in [-0.2, -0.15) is 4.98 Å². The molecule has 1 unspecified atom stereocenters. The zero-order chi connectivity index (χ0) is 11.6. The Morgan fingerprint density at radius 3 is 2.94 bits per heavy atom. The lowest BCUT2D eigenvalue weighted by molar-refractivity contribution is 0.00768. The van der Waals surface area contributed by atoms with Crippen molar-refractivity contribution in [1.82, 2.24) is 15.5 Å². The maximum Gasteiger partial charge on any atom is 0.240 e. The highest BCUT2D eigenvalue weighted by molar-refractivity contribution is 5.01. The van der Waals surface area contributed by atoms with Crippen molar-refractivity contribution in [2.75, 3.05) is 6.61 Å². The number of nitrogens with zero attached hydrogens (tertiary/aromatic N) is 2. The van der Waals surface area contributed by atoms with Gasteiger partial charge in [0.1, 0.15) is 5.60 Å². The fraction of sp³-hybridized carbons (Fsp3) is 0.818. The van der Waals surface area contributed by atoms with Gasteiger partial charge < -0.3 is 14.6 Å². The van der Waals surface area contributed by atoms with E-state index >= 15 is 0 Å². The molecule has 1 aliphatic rings. The van der Waals surface area contributed by atoms with Crippen molar-refractivity contribution >= 4 is 0 Å². The Morgan fingerprint density at radius 2 is 2.31 bits per heavy atom. The van der Waals surface area contributed by atoms with E-state index in [1.165, 1.54) is 0 Å². The molecule has 0 bridgehead atoms. The molecule has 2 rings (SSSR count). The van der Waals surface area contributed by atoms with Crippen molar-refractivity contribution in [2.24, 2.45) is 0 Å². The smallest absolute Gasteiger partial charge is 0.240 e. The minimum Gasteiger partial charge on any atom is -0.367 e. The van der Waals surface area contributed by atoms with Gasteiger partial charge in [0, 0.05) is 12.6 Å². The highest BCUT2D eigenvalue weighted by atomic mass is 16.5. The van der Waals surface area contributed by atoms with Crippen molar-refractivity contribution in [3.63, 3.8) is 0 Å². The van der Waals surface area contributed by atoms with Crippen molar-refractivity contribution in [2.45, 2.75) is 51.8 Å². The first-order chi connectivity index (χ1) is 7.60. The summed E-state index contributed by atoms with van der Waals surface area (Å²) in [5, 5.41) is 7.24. The van der Waals surface area contributed by atoms with Gasteiger partial charge in [0.15, 0.2) is 0 Å². The minimum absolute atomic E-state index is 0.348. The number of nitrogens with one attached hydrogen (secondary N) is 1. The third kappa shape index (κ3) is 2.41. The highest BCUT2D eigenvalue weighted by Crippen LogP contribution is 2.33. The van der Waals surface area contributed by atoms with E-state index in [-0.39, 0.29) is 5.60 Å². The summed E-state index contributed by atoms with van der Waals surface area (Å²) in [6.07, 6.45) is 2.02. The van der Waals surface area contributed by atoms with Crippen LogP contribution in [0.15, 0.2) is 4.52 Å². The molecule has 5 nitrogen and oxygen atoms in total. The first kappa shape index (κ1) is 11.5. The molecule has 0 aromatic carbocycles. The Bertz CT molecular complexity index is 343. The van der Waals surface area contributed by atoms with Crippen LogP contribution in [0.5, 0.6) is 0 Å². The van der Waals surface area contributed by atoms with E-state index in [1.807, 2.05) is 6.92 Å². The molecular weight excluding hydrogens is 206 g/mol. The quantitative estimate of drug-likeness (QED) is 0.843. The summed E-state index contributed by atoms with van der Waals surface area (Å²) in [6, 6.07) is 0.411. The standard InChI is InChI=1S/C11H19N3O2/c1-8(2)12-7-9-13-10(14-16-9)11(3)5-4-6-15-11/h8,12H,4-7H2,1-3H3. The lowest BCUT2D eigenvalue weighted by atomic mass is 10.0. The van der Waals surface area contributed by atoms with E-state index in [1.54, 1.807) is 0 Å². The monoisotopic (exact) mass is 225 g/mol. The number of hydrogen-bond donors (Lipinski definition) is 1. The second-order valence-electron chi connectivity index (χ2n) is 4.73. The van der Waals surface area contributed by atoms with Gasteiger partial charge in [-0.25, -0.2) is 0 Å². The van der Waals surface area contributed by atoms with E-state index in [2.05, 4.69) is 29.3 Å². The molecule has 1 fully saturated rings. The van der Waals surface area contributed by atoms with E-state index in [9.17, 15) is 0 Å². The zero-order valence-electron chi connectivity index (χ0n) is 10.1. The molecular formula is C11H19N3O2. The van der Waals surface area contributed by atoms with Crippen LogP contribution in [-0.4, -0.2) is 22.8 Å². The molecule has 0 aliphatic carbocycles. The van der Waals surface area contributed by atoms with Crippen molar-refractivity contribution in [3.8, 4) is 0 Å². The minimum atomic E-state index is -0.348. The van der Waals surface area contributed by atoms with Gasteiger partial charge in [0.05, 0.1) is 6.54 Å². The van der Waals surface area contributed by atoms with Crippen molar-refractivity contribution < 1.29 is 9.26 Å². The lowest BCUT2D eigenvalue weighted by Gasteiger charge is -2.17. The number of aromatic nitrogens is 2. The zero-order valence-corrected chi connectivity index (χ0v) is 10.1. The largest absolute Gasteiger partial charge is 0.367 e.